The van der Waals surface area contributed by atoms with Gasteiger partial charge in [-0.15, -0.1) is 0 Å². The first-order chi connectivity index (χ1) is 15.8. The van der Waals surface area contributed by atoms with Crippen molar-refractivity contribution in [1.29, 1.82) is 5.41 Å². The highest BCUT2D eigenvalue weighted by atomic mass is 35.5. The van der Waals surface area contributed by atoms with E-state index in [0.717, 1.165) is 27.8 Å². The lowest BCUT2D eigenvalue weighted by Gasteiger charge is -2.23. The summed E-state index contributed by atoms with van der Waals surface area (Å²) in [5, 5.41) is 14.5. The number of carbonyl (C=O) groups excluding carboxylic acids is 2. The number of nitrogens with zero attached hydrogens (tertiary/aromatic N) is 1. The van der Waals surface area contributed by atoms with E-state index in [4.69, 9.17) is 17.0 Å². The normalized spacial score (nSPS) is 17.7. The van der Waals surface area contributed by atoms with Crippen LogP contribution in [0.1, 0.15) is 23.6 Å². The first kappa shape index (κ1) is 22.6. The van der Waals surface area contributed by atoms with Crippen molar-refractivity contribution in [2.45, 2.75) is 25.4 Å². The van der Waals surface area contributed by atoms with Crippen molar-refractivity contribution in [2.24, 2.45) is 0 Å². The summed E-state index contributed by atoms with van der Waals surface area (Å²) < 4.78 is 0. The molecule has 0 spiro atoms. The van der Waals surface area contributed by atoms with Gasteiger partial charge in [0.2, 0.25) is 5.91 Å². The Labute approximate surface area is 198 Å². The highest BCUT2D eigenvalue weighted by molar-refractivity contribution is 6.30. The summed E-state index contributed by atoms with van der Waals surface area (Å²) in [5.41, 5.74) is 3.35. The summed E-state index contributed by atoms with van der Waals surface area (Å²) in [4.78, 5) is 26.6. The minimum atomic E-state index is -1.02. The van der Waals surface area contributed by atoms with Gasteiger partial charge >= 0.3 is 0 Å². The topological polar surface area (TPSA) is 85.3 Å². The third-order valence-corrected chi connectivity index (χ3v) is 6.18. The molecule has 1 saturated heterocycles. The zero-order valence-electron chi connectivity index (χ0n) is 18.5. The van der Waals surface area contributed by atoms with Crippen LogP contribution in [-0.4, -0.2) is 29.7 Å². The predicted molar refractivity (Wildman–Crippen MR) is 130 cm³/mol. The van der Waals surface area contributed by atoms with Crippen LogP contribution in [0.5, 0.6) is 0 Å². The Kier molecular flexibility index (Phi) is 6.20. The van der Waals surface area contributed by atoms with Gasteiger partial charge in [-0.1, -0.05) is 66.2 Å². The molecule has 2 amide bonds. The molecule has 0 radical (unpaired) electrons. The van der Waals surface area contributed by atoms with Gasteiger partial charge in [0.25, 0.3) is 5.91 Å². The zero-order valence-corrected chi connectivity index (χ0v) is 19.2. The second-order valence-electron chi connectivity index (χ2n) is 8.28. The molecule has 1 unspecified atom stereocenters. The molecular formula is C26H25ClN4O2. The van der Waals surface area contributed by atoms with E-state index in [9.17, 15) is 9.59 Å². The quantitative estimate of drug-likeness (QED) is 0.518. The molecule has 1 atom stereocenters. The average molecular weight is 461 g/mol. The van der Waals surface area contributed by atoms with E-state index in [0.29, 0.717) is 18.0 Å². The Morgan fingerprint density at radius 3 is 2.55 bits per heavy atom. The van der Waals surface area contributed by atoms with E-state index < -0.39 is 5.54 Å². The average Bonchev–Trinajstić information content (AvgIpc) is 3.02. The molecule has 6 nitrogen and oxygen atoms in total. The summed E-state index contributed by atoms with van der Waals surface area (Å²) in [7, 11) is 1.58. The maximum atomic E-state index is 12.8. The fraction of sp³-hybridized carbons (Fsp3) is 0.192. The molecule has 3 N–H and O–H groups in total. The highest BCUT2D eigenvalue weighted by Crippen LogP contribution is 2.33. The number of nitrogens with one attached hydrogen (secondary N) is 3. The van der Waals surface area contributed by atoms with Crippen LogP contribution in [0.4, 0.5) is 0 Å². The molecule has 0 saturated carbocycles. The number of hydrogen-bond acceptors (Lipinski definition) is 3. The fourth-order valence-corrected chi connectivity index (χ4v) is 4.19. The van der Waals surface area contributed by atoms with Crippen LogP contribution >= 0.6 is 11.6 Å². The van der Waals surface area contributed by atoms with E-state index in [2.05, 4.69) is 10.6 Å². The van der Waals surface area contributed by atoms with Gasteiger partial charge in [-0.2, -0.15) is 0 Å². The minimum Gasteiger partial charge on any atom is -0.352 e. The van der Waals surface area contributed by atoms with Gasteiger partial charge in [0.15, 0.2) is 5.96 Å². The summed E-state index contributed by atoms with van der Waals surface area (Å²) >= 11 is 6.30. The Morgan fingerprint density at radius 2 is 1.85 bits per heavy atom. The number of likely N-dealkylation sites (N-methyl/N-ethyl adjacent to an activating group) is 1. The Hall–Kier alpha value is -3.64. The third-order valence-electron chi connectivity index (χ3n) is 5.94. The van der Waals surface area contributed by atoms with Crippen molar-refractivity contribution in [1.82, 2.24) is 15.5 Å². The number of benzene rings is 3. The molecule has 168 valence electrons. The van der Waals surface area contributed by atoms with E-state index in [-0.39, 0.29) is 17.8 Å². The molecule has 3 aromatic carbocycles. The maximum absolute atomic E-state index is 12.8. The summed E-state index contributed by atoms with van der Waals surface area (Å²) in [5.74, 6) is -0.188. The first-order valence-electron chi connectivity index (χ1n) is 10.6. The number of hydrogen-bond donors (Lipinski definition) is 3. The van der Waals surface area contributed by atoms with Crippen molar-refractivity contribution in [2.75, 3.05) is 7.05 Å². The lowest BCUT2D eigenvalue weighted by molar-refractivity contribution is -0.130. The van der Waals surface area contributed by atoms with Crippen molar-refractivity contribution in [3.8, 4) is 11.1 Å². The molecule has 7 heteroatoms. The number of halogens is 1. The van der Waals surface area contributed by atoms with Gasteiger partial charge in [-0.25, -0.2) is 0 Å². The second-order valence-corrected chi connectivity index (χ2v) is 8.72. The van der Waals surface area contributed by atoms with E-state index >= 15 is 0 Å². The summed E-state index contributed by atoms with van der Waals surface area (Å²) in [6.07, 6.45) is 0.310. The standard InChI is InChI=1S/C26H25ClN4O2/c1-26(24(33)31(2)25(28)30-26)20-10-6-9-18(14-20)22-15-21(27)12-11-19(22)16-29-23(32)13-17-7-4-3-5-8-17/h3-12,14-15H,13,16H2,1-2H3,(H2,28,30)(H,29,32). The van der Waals surface area contributed by atoms with Crippen molar-refractivity contribution in [3.63, 3.8) is 0 Å². The fourth-order valence-electron chi connectivity index (χ4n) is 4.01. The lowest BCUT2D eigenvalue weighted by atomic mass is 9.88. The van der Waals surface area contributed by atoms with Gasteiger partial charge in [-0.05, 0) is 52.9 Å². The highest BCUT2D eigenvalue weighted by Gasteiger charge is 2.45. The number of amides is 2. The zero-order chi connectivity index (χ0) is 23.6. The molecule has 3 aromatic rings. The smallest absolute Gasteiger partial charge is 0.259 e. The third kappa shape index (κ3) is 4.61. The van der Waals surface area contributed by atoms with E-state index in [1.165, 1.54) is 4.90 Å². The van der Waals surface area contributed by atoms with Crippen LogP contribution in [0.15, 0.2) is 72.8 Å². The van der Waals surface area contributed by atoms with Gasteiger partial charge in [0, 0.05) is 18.6 Å². The Bertz CT molecular complexity index is 1230. The lowest BCUT2D eigenvalue weighted by Crippen LogP contribution is -2.40. The molecule has 0 aromatic heterocycles. The van der Waals surface area contributed by atoms with Crippen LogP contribution in [0.2, 0.25) is 5.02 Å². The SMILES string of the molecule is CN1C(=N)NC(C)(c2cccc(-c3cc(Cl)ccc3CNC(=O)Cc3ccccc3)c2)C1=O. The Balaban J connectivity index is 1.59. The van der Waals surface area contributed by atoms with Crippen LogP contribution in [0, 0.1) is 5.41 Å². The Morgan fingerprint density at radius 1 is 1.09 bits per heavy atom. The number of guanidine groups is 1. The van der Waals surface area contributed by atoms with Crippen molar-refractivity contribution in [3.05, 3.63) is 94.5 Å². The molecule has 1 aliphatic heterocycles. The molecule has 33 heavy (non-hydrogen) atoms. The predicted octanol–water partition coefficient (Wildman–Crippen LogP) is 4.08. The molecule has 0 bridgehead atoms. The molecule has 1 fully saturated rings. The molecule has 1 heterocycles. The van der Waals surface area contributed by atoms with E-state index in [1.54, 1.807) is 20.0 Å². The van der Waals surface area contributed by atoms with Crippen LogP contribution < -0.4 is 10.6 Å². The van der Waals surface area contributed by atoms with Gasteiger partial charge in [0.1, 0.15) is 5.54 Å². The van der Waals surface area contributed by atoms with Crippen LogP contribution in [0.3, 0.4) is 0 Å². The number of carbonyl (C=O) groups is 2. The summed E-state index contributed by atoms with van der Waals surface area (Å²) in [6.45, 7) is 2.12. The van der Waals surface area contributed by atoms with Crippen molar-refractivity contribution < 1.29 is 9.59 Å². The maximum Gasteiger partial charge on any atom is 0.259 e. The van der Waals surface area contributed by atoms with Crippen molar-refractivity contribution >= 4 is 29.4 Å². The largest absolute Gasteiger partial charge is 0.352 e. The molecule has 1 aliphatic rings. The van der Waals surface area contributed by atoms with Gasteiger partial charge < -0.3 is 10.6 Å². The van der Waals surface area contributed by atoms with Crippen LogP contribution in [-0.2, 0) is 28.1 Å². The first-order valence-corrected chi connectivity index (χ1v) is 11.0. The molecular weight excluding hydrogens is 436 g/mol. The molecule has 4 rings (SSSR count). The molecule has 0 aliphatic carbocycles. The minimum absolute atomic E-state index is 0.0642. The van der Waals surface area contributed by atoms with E-state index in [1.807, 2.05) is 66.7 Å². The van der Waals surface area contributed by atoms with Gasteiger partial charge in [-0.3, -0.25) is 19.9 Å². The van der Waals surface area contributed by atoms with Gasteiger partial charge in [0.05, 0.1) is 6.42 Å². The second kappa shape index (κ2) is 9.08. The monoisotopic (exact) mass is 460 g/mol. The number of rotatable bonds is 6. The summed E-state index contributed by atoms with van der Waals surface area (Å²) in [6, 6.07) is 22.8. The van der Waals surface area contributed by atoms with Crippen LogP contribution in [0.25, 0.3) is 11.1 Å².